The first-order valence-electron chi connectivity index (χ1n) is 8.35. The fraction of sp³-hybridized carbons (Fsp3) is 0.0417. The minimum Gasteiger partial charge on any atom is -0.310 e. The molecule has 26 heavy (non-hydrogen) atoms. The lowest BCUT2D eigenvalue weighted by atomic mass is 10.1. The van der Waals surface area contributed by atoms with Crippen LogP contribution < -0.4 is 4.90 Å². The SMILES string of the molecule is C=C(C(=O)N(C)c1ccccc1C#Cc1ccccc1)c1ccccc1. The lowest BCUT2D eigenvalue weighted by Gasteiger charge is -2.20. The summed E-state index contributed by atoms with van der Waals surface area (Å²) in [6.45, 7) is 3.97. The van der Waals surface area contributed by atoms with Gasteiger partial charge in [0, 0.05) is 23.7 Å². The first-order valence-corrected chi connectivity index (χ1v) is 8.35. The molecule has 2 heteroatoms. The van der Waals surface area contributed by atoms with Crippen LogP contribution in [0.15, 0.2) is 91.5 Å². The molecule has 0 saturated heterocycles. The van der Waals surface area contributed by atoms with E-state index in [9.17, 15) is 4.79 Å². The predicted octanol–water partition coefficient (Wildman–Crippen LogP) is 4.76. The van der Waals surface area contributed by atoms with Gasteiger partial charge in [0.2, 0.25) is 0 Å². The quantitative estimate of drug-likeness (QED) is 0.498. The number of rotatable bonds is 3. The monoisotopic (exact) mass is 337 g/mol. The van der Waals surface area contributed by atoms with Crippen molar-refractivity contribution in [3.05, 3.63) is 108 Å². The van der Waals surface area contributed by atoms with E-state index in [-0.39, 0.29) is 5.91 Å². The summed E-state index contributed by atoms with van der Waals surface area (Å²) in [6, 6.07) is 26.9. The largest absolute Gasteiger partial charge is 0.310 e. The zero-order valence-electron chi connectivity index (χ0n) is 14.6. The third kappa shape index (κ3) is 3.91. The summed E-state index contributed by atoms with van der Waals surface area (Å²) in [5.41, 5.74) is 3.77. The molecular formula is C24H19NO. The molecule has 0 unspecified atom stereocenters. The molecule has 0 aliphatic rings. The van der Waals surface area contributed by atoms with E-state index in [1.807, 2.05) is 84.9 Å². The maximum atomic E-state index is 12.8. The molecule has 0 aliphatic heterocycles. The third-order valence-corrected chi connectivity index (χ3v) is 4.07. The van der Waals surface area contributed by atoms with Gasteiger partial charge in [-0.25, -0.2) is 0 Å². The van der Waals surface area contributed by atoms with E-state index in [1.54, 1.807) is 11.9 Å². The van der Waals surface area contributed by atoms with Gasteiger partial charge >= 0.3 is 0 Å². The van der Waals surface area contributed by atoms with Crippen molar-refractivity contribution in [1.29, 1.82) is 0 Å². The van der Waals surface area contributed by atoms with Gasteiger partial charge in [-0.1, -0.05) is 79.1 Å². The first-order chi connectivity index (χ1) is 12.7. The van der Waals surface area contributed by atoms with Gasteiger partial charge in [-0.05, 0) is 29.8 Å². The average Bonchev–Trinajstić information content (AvgIpc) is 2.72. The molecule has 2 nitrogen and oxygen atoms in total. The maximum absolute atomic E-state index is 12.8. The number of hydrogen-bond donors (Lipinski definition) is 0. The number of carbonyl (C=O) groups is 1. The Hall–Kier alpha value is -3.57. The fourth-order valence-electron chi connectivity index (χ4n) is 2.61. The van der Waals surface area contributed by atoms with Gasteiger partial charge < -0.3 is 4.90 Å². The Balaban J connectivity index is 1.89. The zero-order valence-corrected chi connectivity index (χ0v) is 14.6. The second kappa shape index (κ2) is 8.00. The molecule has 0 heterocycles. The van der Waals surface area contributed by atoms with Gasteiger partial charge in [0.05, 0.1) is 5.69 Å². The van der Waals surface area contributed by atoms with Crippen LogP contribution in [0.3, 0.4) is 0 Å². The molecule has 0 N–H and O–H groups in total. The van der Waals surface area contributed by atoms with Crippen LogP contribution in [0.4, 0.5) is 5.69 Å². The van der Waals surface area contributed by atoms with Crippen LogP contribution in [0.1, 0.15) is 16.7 Å². The number of anilines is 1. The highest BCUT2D eigenvalue weighted by molar-refractivity contribution is 6.25. The van der Waals surface area contributed by atoms with Crippen molar-refractivity contribution in [3.8, 4) is 11.8 Å². The topological polar surface area (TPSA) is 20.3 Å². The molecule has 0 bridgehead atoms. The minimum atomic E-state index is -0.148. The van der Waals surface area contributed by atoms with Crippen LogP contribution in [0.2, 0.25) is 0 Å². The van der Waals surface area contributed by atoms with Crippen LogP contribution in [0, 0.1) is 11.8 Å². The number of carbonyl (C=O) groups excluding carboxylic acids is 1. The molecule has 0 radical (unpaired) electrons. The highest BCUT2D eigenvalue weighted by Gasteiger charge is 2.17. The Morgan fingerprint density at radius 2 is 1.38 bits per heavy atom. The molecular weight excluding hydrogens is 318 g/mol. The summed E-state index contributed by atoms with van der Waals surface area (Å²) in [5.74, 6) is 6.17. The van der Waals surface area contributed by atoms with E-state index in [4.69, 9.17) is 0 Å². The van der Waals surface area contributed by atoms with Crippen molar-refractivity contribution in [2.75, 3.05) is 11.9 Å². The Labute approximate surface area is 154 Å². The van der Waals surface area contributed by atoms with E-state index in [2.05, 4.69) is 18.4 Å². The molecule has 3 rings (SSSR count). The van der Waals surface area contributed by atoms with Gasteiger partial charge in [-0.2, -0.15) is 0 Å². The van der Waals surface area contributed by atoms with Crippen LogP contribution in [0.5, 0.6) is 0 Å². The van der Waals surface area contributed by atoms with Crippen molar-refractivity contribution in [3.63, 3.8) is 0 Å². The second-order valence-corrected chi connectivity index (χ2v) is 5.84. The van der Waals surface area contributed by atoms with Crippen LogP contribution >= 0.6 is 0 Å². The van der Waals surface area contributed by atoms with Gasteiger partial charge in [0.1, 0.15) is 0 Å². The lowest BCUT2D eigenvalue weighted by Crippen LogP contribution is -2.27. The molecule has 0 saturated carbocycles. The number of amides is 1. The van der Waals surface area contributed by atoms with E-state index in [0.717, 1.165) is 22.4 Å². The van der Waals surface area contributed by atoms with Gasteiger partial charge in [0.25, 0.3) is 5.91 Å². The summed E-state index contributed by atoms with van der Waals surface area (Å²) in [6.07, 6.45) is 0. The van der Waals surface area contributed by atoms with Crippen molar-refractivity contribution in [2.45, 2.75) is 0 Å². The van der Waals surface area contributed by atoms with Crippen molar-refractivity contribution < 1.29 is 4.79 Å². The number of hydrogen-bond acceptors (Lipinski definition) is 1. The third-order valence-electron chi connectivity index (χ3n) is 4.07. The minimum absolute atomic E-state index is 0.148. The van der Waals surface area contributed by atoms with Crippen LogP contribution in [0.25, 0.3) is 5.57 Å². The molecule has 3 aromatic carbocycles. The van der Waals surface area contributed by atoms with E-state index >= 15 is 0 Å². The Morgan fingerprint density at radius 1 is 0.808 bits per heavy atom. The summed E-state index contributed by atoms with van der Waals surface area (Å²) in [4.78, 5) is 14.5. The molecule has 126 valence electrons. The smallest absolute Gasteiger partial charge is 0.258 e. The molecule has 0 spiro atoms. The Bertz CT molecular complexity index is 979. The molecule has 0 aliphatic carbocycles. The molecule has 3 aromatic rings. The number of para-hydroxylation sites is 1. The van der Waals surface area contributed by atoms with Crippen molar-refractivity contribution in [1.82, 2.24) is 0 Å². The molecule has 1 amide bonds. The molecule has 0 fully saturated rings. The average molecular weight is 337 g/mol. The fourth-order valence-corrected chi connectivity index (χ4v) is 2.61. The normalized spacial score (nSPS) is 9.73. The van der Waals surface area contributed by atoms with E-state index in [1.165, 1.54) is 0 Å². The van der Waals surface area contributed by atoms with Gasteiger partial charge in [-0.3, -0.25) is 4.79 Å². The van der Waals surface area contributed by atoms with Crippen LogP contribution in [-0.4, -0.2) is 13.0 Å². The summed E-state index contributed by atoms with van der Waals surface area (Å²) >= 11 is 0. The highest BCUT2D eigenvalue weighted by atomic mass is 16.2. The van der Waals surface area contributed by atoms with E-state index < -0.39 is 0 Å². The highest BCUT2D eigenvalue weighted by Crippen LogP contribution is 2.23. The molecule has 0 aromatic heterocycles. The first kappa shape index (κ1) is 17.3. The molecule has 0 atom stereocenters. The summed E-state index contributed by atoms with van der Waals surface area (Å²) in [5, 5.41) is 0. The lowest BCUT2D eigenvalue weighted by molar-refractivity contribution is -0.113. The zero-order chi connectivity index (χ0) is 18.4. The summed E-state index contributed by atoms with van der Waals surface area (Å²) < 4.78 is 0. The maximum Gasteiger partial charge on any atom is 0.258 e. The van der Waals surface area contributed by atoms with Crippen LogP contribution in [-0.2, 0) is 4.79 Å². The number of nitrogens with zero attached hydrogens (tertiary/aromatic N) is 1. The van der Waals surface area contributed by atoms with Crippen molar-refractivity contribution >= 4 is 17.2 Å². The Morgan fingerprint density at radius 3 is 2.08 bits per heavy atom. The predicted molar refractivity (Wildman–Crippen MR) is 108 cm³/mol. The van der Waals surface area contributed by atoms with Gasteiger partial charge in [-0.15, -0.1) is 0 Å². The summed E-state index contributed by atoms with van der Waals surface area (Å²) in [7, 11) is 1.75. The second-order valence-electron chi connectivity index (χ2n) is 5.84. The Kier molecular flexibility index (Phi) is 5.31. The van der Waals surface area contributed by atoms with E-state index in [0.29, 0.717) is 5.57 Å². The van der Waals surface area contributed by atoms with Crippen molar-refractivity contribution in [2.24, 2.45) is 0 Å². The standard InChI is InChI=1S/C24H19NO/c1-19(21-13-7-4-8-14-21)24(26)25(2)23-16-10-9-15-22(23)18-17-20-11-5-3-6-12-20/h3-16H,1H2,2H3. The van der Waals surface area contributed by atoms with Gasteiger partial charge in [0.15, 0.2) is 0 Å². The number of benzene rings is 3. The number of likely N-dealkylation sites (N-methyl/N-ethyl adjacent to an activating group) is 1.